The van der Waals surface area contributed by atoms with Gasteiger partial charge in [0, 0.05) is 5.33 Å². The number of rotatable bonds is 6. The Morgan fingerprint density at radius 3 is 2.42 bits per heavy atom. The average molecular weight is 319 g/mol. The molecule has 0 bridgehead atoms. The largest absolute Gasteiger partial charge is 0.494 e. The standard InChI is InChI=1S/C17H19BrO/c1-2-14-6-3-4-7-17(14)15-8-10-16(11-9-15)19-13-5-12-18/h3-4,6-11H,2,5,12-13H2,1H3. The first-order valence-electron chi connectivity index (χ1n) is 6.72. The first kappa shape index (κ1) is 14.1. The van der Waals surface area contributed by atoms with Gasteiger partial charge in [0.1, 0.15) is 5.75 Å². The number of ether oxygens (including phenoxy) is 1. The summed E-state index contributed by atoms with van der Waals surface area (Å²) in [6.07, 6.45) is 2.08. The van der Waals surface area contributed by atoms with Crippen LogP contribution in [0.5, 0.6) is 5.75 Å². The molecule has 0 aliphatic heterocycles. The molecule has 2 rings (SSSR count). The van der Waals surface area contributed by atoms with E-state index in [9.17, 15) is 0 Å². The Balaban J connectivity index is 2.13. The predicted molar refractivity (Wildman–Crippen MR) is 85.2 cm³/mol. The highest BCUT2D eigenvalue weighted by atomic mass is 79.9. The van der Waals surface area contributed by atoms with Crippen molar-refractivity contribution in [2.24, 2.45) is 0 Å². The van der Waals surface area contributed by atoms with E-state index in [-0.39, 0.29) is 0 Å². The lowest BCUT2D eigenvalue weighted by molar-refractivity contribution is 0.319. The van der Waals surface area contributed by atoms with Crippen LogP contribution in [0, 0.1) is 0 Å². The fourth-order valence-corrected chi connectivity index (χ4v) is 2.31. The normalized spacial score (nSPS) is 10.4. The highest BCUT2D eigenvalue weighted by Crippen LogP contribution is 2.26. The fraction of sp³-hybridized carbons (Fsp3) is 0.294. The lowest BCUT2D eigenvalue weighted by Crippen LogP contribution is -1.97. The van der Waals surface area contributed by atoms with Crippen LogP contribution in [-0.4, -0.2) is 11.9 Å². The van der Waals surface area contributed by atoms with E-state index in [4.69, 9.17) is 4.74 Å². The van der Waals surface area contributed by atoms with Crippen LogP contribution in [0.15, 0.2) is 48.5 Å². The molecule has 2 aromatic carbocycles. The van der Waals surface area contributed by atoms with Crippen molar-refractivity contribution in [1.82, 2.24) is 0 Å². The zero-order chi connectivity index (χ0) is 13.5. The van der Waals surface area contributed by atoms with Gasteiger partial charge >= 0.3 is 0 Å². The van der Waals surface area contributed by atoms with E-state index in [1.54, 1.807) is 0 Å². The van der Waals surface area contributed by atoms with Crippen molar-refractivity contribution in [1.29, 1.82) is 0 Å². The Labute approximate surface area is 123 Å². The van der Waals surface area contributed by atoms with Crippen molar-refractivity contribution >= 4 is 15.9 Å². The van der Waals surface area contributed by atoms with Gasteiger partial charge in [-0.05, 0) is 41.7 Å². The van der Waals surface area contributed by atoms with Crippen molar-refractivity contribution in [3.63, 3.8) is 0 Å². The van der Waals surface area contributed by atoms with Gasteiger partial charge in [0.2, 0.25) is 0 Å². The number of aryl methyl sites for hydroxylation is 1. The van der Waals surface area contributed by atoms with Gasteiger partial charge in [-0.25, -0.2) is 0 Å². The zero-order valence-electron chi connectivity index (χ0n) is 11.2. The molecule has 0 fully saturated rings. The van der Waals surface area contributed by atoms with Crippen molar-refractivity contribution in [2.45, 2.75) is 19.8 Å². The number of hydrogen-bond acceptors (Lipinski definition) is 1. The number of benzene rings is 2. The molecule has 0 saturated heterocycles. The van der Waals surface area contributed by atoms with Gasteiger partial charge in [-0.3, -0.25) is 0 Å². The second-order valence-electron chi connectivity index (χ2n) is 4.43. The maximum absolute atomic E-state index is 5.66. The summed E-state index contributed by atoms with van der Waals surface area (Å²) in [5, 5.41) is 0.981. The Morgan fingerprint density at radius 1 is 1.00 bits per heavy atom. The molecule has 2 aromatic rings. The fourth-order valence-electron chi connectivity index (χ4n) is 2.09. The smallest absolute Gasteiger partial charge is 0.119 e. The van der Waals surface area contributed by atoms with Crippen molar-refractivity contribution in [3.8, 4) is 16.9 Å². The molecule has 0 radical (unpaired) electrons. The minimum atomic E-state index is 0.760. The quantitative estimate of drug-likeness (QED) is 0.533. The van der Waals surface area contributed by atoms with E-state index in [2.05, 4.69) is 71.4 Å². The molecule has 0 saturated carbocycles. The Kier molecular flexibility index (Phi) is 5.46. The van der Waals surface area contributed by atoms with Crippen molar-refractivity contribution in [2.75, 3.05) is 11.9 Å². The van der Waals surface area contributed by atoms with Gasteiger partial charge in [-0.2, -0.15) is 0 Å². The molecule has 0 atom stereocenters. The summed E-state index contributed by atoms with van der Waals surface area (Å²) >= 11 is 3.40. The highest BCUT2D eigenvalue weighted by Gasteiger charge is 2.03. The number of hydrogen-bond donors (Lipinski definition) is 0. The van der Waals surface area contributed by atoms with Crippen LogP contribution in [0.4, 0.5) is 0 Å². The van der Waals surface area contributed by atoms with E-state index < -0.39 is 0 Å². The second-order valence-corrected chi connectivity index (χ2v) is 5.22. The predicted octanol–water partition coefficient (Wildman–Crippen LogP) is 5.08. The third-order valence-corrected chi connectivity index (χ3v) is 3.67. The third-order valence-electron chi connectivity index (χ3n) is 3.11. The summed E-state index contributed by atoms with van der Waals surface area (Å²) in [6.45, 7) is 2.95. The number of halogens is 1. The maximum Gasteiger partial charge on any atom is 0.119 e. The van der Waals surface area contributed by atoms with Crippen molar-refractivity contribution in [3.05, 3.63) is 54.1 Å². The van der Waals surface area contributed by atoms with Crippen LogP contribution < -0.4 is 4.74 Å². The first-order chi connectivity index (χ1) is 9.35. The summed E-state index contributed by atoms with van der Waals surface area (Å²) in [7, 11) is 0. The summed E-state index contributed by atoms with van der Waals surface area (Å²) in [4.78, 5) is 0. The second kappa shape index (κ2) is 7.34. The Morgan fingerprint density at radius 2 is 1.74 bits per heavy atom. The topological polar surface area (TPSA) is 9.23 Å². The van der Waals surface area contributed by atoms with Gasteiger partial charge in [0.25, 0.3) is 0 Å². The summed E-state index contributed by atoms with van der Waals surface area (Å²) < 4.78 is 5.66. The van der Waals surface area contributed by atoms with Gasteiger partial charge < -0.3 is 4.74 Å². The molecule has 0 aliphatic carbocycles. The molecular weight excluding hydrogens is 300 g/mol. The molecule has 0 heterocycles. The molecule has 19 heavy (non-hydrogen) atoms. The van der Waals surface area contributed by atoms with Crippen LogP contribution >= 0.6 is 15.9 Å². The van der Waals surface area contributed by atoms with Crippen molar-refractivity contribution < 1.29 is 4.74 Å². The van der Waals surface area contributed by atoms with Gasteiger partial charge in [-0.15, -0.1) is 0 Å². The summed E-state index contributed by atoms with van der Waals surface area (Å²) in [5.41, 5.74) is 3.96. The molecule has 0 aromatic heterocycles. The lowest BCUT2D eigenvalue weighted by atomic mass is 9.98. The van der Waals surface area contributed by atoms with Gasteiger partial charge in [-0.1, -0.05) is 59.3 Å². The zero-order valence-corrected chi connectivity index (χ0v) is 12.8. The molecule has 0 amide bonds. The molecule has 2 heteroatoms. The van der Waals surface area contributed by atoms with E-state index in [1.165, 1.54) is 16.7 Å². The summed E-state index contributed by atoms with van der Waals surface area (Å²) in [6, 6.07) is 16.9. The Bertz CT molecular complexity index is 505. The van der Waals surface area contributed by atoms with Gasteiger partial charge in [0.05, 0.1) is 6.61 Å². The van der Waals surface area contributed by atoms with Gasteiger partial charge in [0.15, 0.2) is 0 Å². The van der Waals surface area contributed by atoms with Crippen LogP contribution in [0.2, 0.25) is 0 Å². The molecule has 1 nitrogen and oxygen atoms in total. The van der Waals surface area contributed by atoms with Crippen LogP contribution in [0.25, 0.3) is 11.1 Å². The van der Waals surface area contributed by atoms with Crippen LogP contribution in [0.3, 0.4) is 0 Å². The van der Waals surface area contributed by atoms with Crippen LogP contribution in [-0.2, 0) is 6.42 Å². The minimum absolute atomic E-state index is 0.760. The maximum atomic E-state index is 5.66. The van der Waals surface area contributed by atoms with E-state index in [0.717, 1.165) is 30.5 Å². The molecule has 0 spiro atoms. The average Bonchev–Trinajstić information content (AvgIpc) is 2.48. The lowest BCUT2D eigenvalue weighted by Gasteiger charge is -2.09. The SMILES string of the molecule is CCc1ccccc1-c1ccc(OCCCBr)cc1. The Hall–Kier alpha value is -1.28. The molecule has 0 unspecified atom stereocenters. The van der Waals surface area contributed by atoms with E-state index >= 15 is 0 Å². The van der Waals surface area contributed by atoms with Crippen LogP contribution in [0.1, 0.15) is 18.9 Å². The minimum Gasteiger partial charge on any atom is -0.494 e. The monoisotopic (exact) mass is 318 g/mol. The van der Waals surface area contributed by atoms with E-state index in [1.807, 2.05) is 0 Å². The summed E-state index contributed by atoms with van der Waals surface area (Å²) in [5.74, 6) is 0.943. The molecular formula is C17H19BrO. The third kappa shape index (κ3) is 3.84. The number of alkyl halides is 1. The first-order valence-corrected chi connectivity index (χ1v) is 7.84. The molecule has 100 valence electrons. The molecule has 0 N–H and O–H groups in total. The van der Waals surface area contributed by atoms with E-state index in [0.29, 0.717) is 0 Å². The highest BCUT2D eigenvalue weighted by molar-refractivity contribution is 9.09. The molecule has 0 aliphatic rings.